The van der Waals surface area contributed by atoms with Crippen molar-refractivity contribution in [3.63, 3.8) is 0 Å². The van der Waals surface area contributed by atoms with Gasteiger partial charge in [0.05, 0.1) is 11.4 Å². The quantitative estimate of drug-likeness (QED) is 0.617. The molecule has 3 rings (SSSR count). The standard InChI is InChI=1S/C20H19N3O/c1-14-11-12-16(22-18-10-6-5-9-17(18)21)13-19(14)23-20(24)15-7-3-2-4-8-15/h2-13,22H,21H2,1H3,(H,23,24). The van der Waals surface area contributed by atoms with Crippen molar-refractivity contribution in [3.05, 3.63) is 83.9 Å². The molecule has 0 bridgehead atoms. The normalized spacial score (nSPS) is 10.2. The average molecular weight is 317 g/mol. The summed E-state index contributed by atoms with van der Waals surface area (Å²) in [5.74, 6) is -0.130. The van der Waals surface area contributed by atoms with Crippen molar-refractivity contribution < 1.29 is 4.79 Å². The first-order valence-electron chi connectivity index (χ1n) is 7.72. The van der Waals surface area contributed by atoms with Crippen molar-refractivity contribution in [3.8, 4) is 0 Å². The highest BCUT2D eigenvalue weighted by atomic mass is 16.1. The fourth-order valence-electron chi connectivity index (χ4n) is 2.38. The molecule has 0 spiro atoms. The Bertz CT molecular complexity index is 860. The summed E-state index contributed by atoms with van der Waals surface area (Å²) in [5, 5.41) is 6.23. The van der Waals surface area contributed by atoms with Gasteiger partial charge < -0.3 is 16.4 Å². The van der Waals surface area contributed by atoms with E-state index in [1.165, 1.54) is 0 Å². The molecule has 4 nitrogen and oxygen atoms in total. The number of carbonyl (C=O) groups excluding carboxylic acids is 1. The Morgan fingerprint density at radius 3 is 2.33 bits per heavy atom. The molecule has 0 fully saturated rings. The Balaban J connectivity index is 1.82. The number of carbonyl (C=O) groups is 1. The summed E-state index contributed by atoms with van der Waals surface area (Å²) < 4.78 is 0. The number of nitrogens with one attached hydrogen (secondary N) is 2. The monoisotopic (exact) mass is 317 g/mol. The van der Waals surface area contributed by atoms with Crippen molar-refractivity contribution in [2.75, 3.05) is 16.4 Å². The van der Waals surface area contributed by atoms with Gasteiger partial charge in [0, 0.05) is 16.9 Å². The SMILES string of the molecule is Cc1ccc(Nc2ccccc2N)cc1NC(=O)c1ccccc1. The number of nitrogen functional groups attached to an aromatic ring is 1. The fraction of sp³-hybridized carbons (Fsp3) is 0.0500. The van der Waals surface area contributed by atoms with Crippen LogP contribution in [0, 0.1) is 6.92 Å². The smallest absolute Gasteiger partial charge is 0.255 e. The average Bonchev–Trinajstić information content (AvgIpc) is 2.60. The lowest BCUT2D eigenvalue weighted by atomic mass is 10.1. The zero-order chi connectivity index (χ0) is 16.9. The van der Waals surface area contributed by atoms with E-state index in [9.17, 15) is 4.79 Å². The Morgan fingerprint density at radius 1 is 0.875 bits per heavy atom. The molecule has 0 heterocycles. The highest BCUT2D eigenvalue weighted by Gasteiger charge is 2.08. The van der Waals surface area contributed by atoms with Crippen LogP contribution >= 0.6 is 0 Å². The van der Waals surface area contributed by atoms with Crippen LogP contribution in [0.3, 0.4) is 0 Å². The second-order valence-corrected chi connectivity index (χ2v) is 5.56. The van der Waals surface area contributed by atoms with E-state index in [1.54, 1.807) is 12.1 Å². The molecule has 0 radical (unpaired) electrons. The lowest BCUT2D eigenvalue weighted by molar-refractivity contribution is 0.102. The summed E-state index contributed by atoms with van der Waals surface area (Å²) >= 11 is 0. The van der Waals surface area contributed by atoms with Crippen molar-refractivity contribution in [2.24, 2.45) is 0 Å². The molecule has 0 aliphatic rings. The van der Waals surface area contributed by atoms with Crippen LogP contribution in [-0.2, 0) is 0 Å². The Labute approximate surface area is 141 Å². The fourth-order valence-corrected chi connectivity index (χ4v) is 2.38. The number of aryl methyl sites for hydroxylation is 1. The van der Waals surface area contributed by atoms with Crippen LogP contribution in [-0.4, -0.2) is 5.91 Å². The highest BCUT2D eigenvalue weighted by Crippen LogP contribution is 2.26. The third-order valence-corrected chi connectivity index (χ3v) is 3.76. The first-order chi connectivity index (χ1) is 11.6. The lowest BCUT2D eigenvalue weighted by Gasteiger charge is -2.13. The minimum atomic E-state index is -0.130. The Kier molecular flexibility index (Phi) is 4.47. The van der Waals surface area contributed by atoms with Crippen LogP contribution < -0.4 is 16.4 Å². The van der Waals surface area contributed by atoms with Gasteiger partial charge in [0.25, 0.3) is 5.91 Å². The van der Waals surface area contributed by atoms with Gasteiger partial charge in [-0.05, 0) is 48.9 Å². The van der Waals surface area contributed by atoms with E-state index in [1.807, 2.05) is 67.6 Å². The number of anilines is 4. The molecule has 0 aliphatic heterocycles. The van der Waals surface area contributed by atoms with Crippen molar-refractivity contribution in [1.82, 2.24) is 0 Å². The topological polar surface area (TPSA) is 67.2 Å². The summed E-state index contributed by atoms with van der Waals surface area (Å²) in [6.07, 6.45) is 0. The van der Waals surface area contributed by atoms with Crippen LogP contribution in [0.5, 0.6) is 0 Å². The van der Waals surface area contributed by atoms with E-state index < -0.39 is 0 Å². The molecule has 0 aliphatic carbocycles. The summed E-state index contributed by atoms with van der Waals surface area (Å²) in [5.41, 5.74) is 10.7. The molecular formula is C20H19N3O. The van der Waals surface area contributed by atoms with Gasteiger partial charge in [-0.3, -0.25) is 4.79 Å². The molecule has 4 heteroatoms. The number of rotatable bonds is 4. The van der Waals surface area contributed by atoms with E-state index in [0.29, 0.717) is 11.3 Å². The number of benzene rings is 3. The molecular weight excluding hydrogens is 298 g/mol. The molecule has 3 aromatic rings. The van der Waals surface area contributed by atoms with Gasteiger partial charge in [0.2, 0.25) is 0 Å². The summed E-state index contributed by atoms with van der Waals surface area (Å²) in [7, 11) is 0. The van der Waals surface area contributed by atoms with Gasteiger partial charge >= 0.3 is 0 Å². The van der Waals surface area contributed by atoms with Crippen molar-refractivity contribution >= 4 is 28.7 Å². The third kappa shape index (κ3) is 3.55. The predicted octanol–water partition coefficient (Wildman–Crippen LogP) is 4.57. The minimum Gasteiger partial charge on any atom is -0.397 e. The maximum absolute atomic E-state index is 12.3. The van der Waals surface area contributed by atoms with Gasteiger partial charge in [-0.2, -0.15) is 0 Å². The van der Waals surface area contributed by atoms with Crippen LogP contribution in [0.2, 0.25) is 0 Å². The van der Waals surface area contributed by atoms with E-state index in [0.717, 1.165) is 22.6 Å². The summed E-state index contributed by atoms with van der Waals surface area (Å²) in [6.45, 7) is 1.96. The molecule has 24 heavy (non-hydrogen) atoms. The number of hydrogen-bond donors (Lipinski definition) is 3. The summed E-state index contributed by atoms with van der Waals surface area (Å²) in [4.78, 5) is 12.3. The molecule has 3 aromatic carbocycles. The second-order valence-electron chi connectivity index (χ2n) is 5.56. The van der Waals surface area contributed by atoms with Gasteiger partial charge in [0.15, 0.2) is 0 Å². The van der Waals surface area contributed by atoms with Crippen LogP contribution in [0.1, 0.15) is 15.9 Å². The maximum atomic E-state index is 12.3. The van der Waals surface area contributed by atoms with Crippen LogP contribution in [0.4, 0.5) is 22.7 Å². The molecule has 0 saturated heterocycles. The highest BCUT2D eigenvalue weighted by molar-refractivity contribution is 6.04. The van der Waals surface area contributed by atoms with E-state index >= 15 is 0 Å². The number of hydrogen-bond acceptors (Lipinski definition) is 3. The molecule has 0 aromatic heterocycles. The zero-order valence-electron chi connectivity index (χ0n) is 13.4. The molecule has 120 valence electrons. The minimum absolute atomic E-state index is 0.130. The molecule has 1 amide bonds. The van der Waals surface area contributed by atoms with Gasteiger partial charge in [-0.25, -0.2) is 0 Å². The largest absolute Gasteiger partial charge is 0.397 e. The first-order valence-corrected chi connectivity index (χ1v) is 7.72. The van der Waals surface area contributed by atoms with Gasteiger partial charge in [-0.1, -0.05) is 36.4 Å². The van der Waals surface area contributed by atoms with Crippen LogP contribution in [0.25, 0.3) is 0 Å². The molecule has 0 saturated carbocycles. The summed E-state index contributed by atoms with van der Waals surface area (Å²) in [6, 6.07) is 22.5. The number of para-hydroxylation sites is 2. The molecule has 0 atom stereocenters. The second kappa shape index (κ2) is 6.87. The zero-order valence-corrected chi connectivity index (χ0v) is 13.4. The predicted molar refractivity (Wildman–Crippen MR) is 99.7 cm³/mol. The number of nitrogens with two attached hydrogens (primary N) is 1. The Morgan fingerprint density at radius 2 is 1.58 bits per heavy atom. The van der Waals surface area contributed by atoms with E-state index in [4.69, 9.17) is 5.73 Å². The Hall–Kier alpha value is -3.27. The van der Waals surface area contributed by atoms with Crippen LogP contribution in [0.15, 0.2) is 72.8 Å². The van der Waals surface area contributed by atoms with E-state index in [-0.39, 0.29) is 5.91 Å². The third-order valence-electron chi connectivity index (χ3n) is 3.76. The van der Waals surface area contributed by atoms with Gasteiger partial charge in [0.1, 0.15) is 0 Å². The van der Waals surface area contributed by atoms with Crippen molar-refractivity contribution in [1.29, 1.82) is 0 Å². The van der Waals surface area contributed by atoms with Crippen molar-refractivity contribution in [2.45, 2.75) is 6.92 Å². The first kappa shape index (κ1) is 15.6. The van der Waals surface area contributed by atoms with E-state index in [2.05, 4.69) is 10.6 Å². The maximum Gasteiger partial charge on any atom is 0.255 e. The lowest BCUT2D eigenvalue weighted by Crippen LogP contribution is -2.12. The van der Waals surface area contributed by atoms with Gasteiger partial charge in [-0.15, -0.1) is 0 Å². The molecule has 0 unspecified atom stereocenters. The molecule has 4 N–H and O–H groups in total. The number of amides is 1.